The van der Waals surface area contributed by atoms with Crippen molar-refractivity contribution in [3.63, 3.8) is 0 Å². The zero-order chi connectivity index (χ0) is 15.0. The minimum absolute atomic E-state index is 0. The number of hydrogen-bond acceptors (Lipinski definition) is 3. The number of hydrogen-bond donors (Lipinski definition) is 2. The number of aromatic hydroxyl groups is 1. The van der Waals surface area contributed by atoms with Crippen LogP contribution in [0.5, 0.6) is 5.75 Å². The van der Waals surface area contributed by atoms with Gasteiger partial charge in [0.15, 0.2) is 0 Å². The van der Waals surface area contributed by atoms with Gasteiger partial charge in [0.05, 0.1) is 0 Å². The third-order valence-electron chi connectivity index (χ3n) is 3.42. The average Bonchev–Trinajstić information content (AvgIpc) is 2.38. The van der Waals surface area contributed by atoms with E-state index in [1.54, 1.807) is 0 Å². The maximum absolute atomic E-state index is 11.3. The third kappa shape index (κ3) is 7.32. The molecule has 0 fully saturated rings. The van der Waals surface area contributed by atoms with Crippen LogP contribution in [0.3, 0.4) is 0 Å². The van der Waals surface area contributed by atoms with E-state index < -0.39 is 10.1 Å². The molecule has 0 atom stereocenters. The zero-order valence-corrected chi connectivity index (χ0v) is 14.1. The molecule has 0 aliphatic rings. The van der Waals surface area contributed by atoms with Crippen molar-refractivity contribution in [3.05, 3.63) is 23.8 Å². The van der Waals surface area contributed by atoms with Crippen LogP contribution in [0.15, 0.2) is 23.1 Å². The third-order valence-corrected chi connectivity index (χ3v) is 4.35. The van der Waals surface area contributed by atoms with Crippen LogP contribution < -0.4 is 0 Å². The average molecular weight is 364 g/mol. The maximum atomic E-state index is 11.3. The van der Waals surface area contributed by atoms with E-state index in [1.807, 2.05) is 0 Å². The Balaban J connectivity index is 0.00000400. The second kappa shape index (κ2) is 10.2. The Morgan fingerprint density at radius 2 is 1.57 bits per heavy atom. The second-order valence-corrected chi connectivity index (χ2v) is 6.49. The first-order valence-electron chi connectivity index (χ1n) is 7.25. The molecule has 0 aliphatic carbocycles. The van der Waals surface area contributed by atoms with Crippen molar-refractivity contribution in [1.82, 2.24) is 0 Å². The first-order chi connectivity index (χ1) is 9.46. The summed E-state index contributed by atoms with van der Waals surface area (Å²) in [7, 11) is -4.27. The first kappa shape index (κ1) is 20.4. The predicted molar refractivity (Wildman–Crippen MR) is 79.6 cm³/mol. The monoisotopic (exact) mass is 363 g/mol. The minimum atomic E-state index is -4.27. The van der Waals surface area contributed by atoms with Crippen molar-refractivity contribution >= 4 is 10.1 Å². The molecule has 0 bridgehead atoms. The SMILES string of the molecule is CCCCCCCCCc1c(O)cccc1S(=O)(=O)O.[Cu]. The number of rotatable bonds is 9. The topological polar surface area (TPSA) is 74.6 Å². The molecule has 21 heavy (non-hydrogen) atoms. The molecule has 0 unspecified atom stereocenters. The van der Waals surface area contributed by atoms with Gasteiger partial charge in [-0.15, -0.1) is 0 Å². The summed E-state index contributed by atoms with van der Waals surface area (Å²) in [5, 5.41) is 9.75. The van der Waals surface area contributed by atoms with E-state index >= 15 is 0 Å². The van der Waals surface area contributed by atoms with Gasteiger partial charge >= 0.3 is 0 Å². The summed E-state index contributed by atoms with van der Waals surface area (Å²) in [6.45, 7) is 2.18. The molecule has 2 N–H and O–H groups in total. The fourth-order valence-corrected chi connectivity index (χ4v) is 3.07. The van der Waals surface area contributed by atoms with Gasteiger partial charge in [-0.05, 0) is 25.0 Å². The van der Waals surface area contributed by atoms with E-state index in [0.717, 1.165) is 19.3 Å². The first-order valence-corrected chi connectivity index (χ1v) is 8.69. The van der Waals surface area contributed by atoms with Crippen molar-refractivity contribution in [2.75, 3.05) is 0 Å². The number of benzene rings is 1. The van der Waals surface area contributed by atoms with Crippen molar-refractivity contribution < 1.29 is 35.1 Å². The molecule has 6 heteroatoms. The van der Waals surface area contributed by atoms with Gasteiger partial charge in [-0.3, -0.25) is 4.55 Å². The summed E-state index contributed by atoms with van der Waals surface area (Å²) in [6, 6.07) is 4.20. The predicted octanol–water partition coefficient (Wildman–Crippen LogP) is 3.93. The Morgan fingerprint density at radius 1 is 1.00 bits per heavy atom. The summed E-state index contributed by atoms with van der Waals surface area (Å²) in [5.74, 6) is -0.0638. The molecule has 0 heterocycles. The Labute approximate surface area is 138 Å². The standard InChI is InChI=1S/C15H24O4S.Cu/c1-2-3-4-5-6-7-8-10-13-14(16)11-9-12-15(13)20(17,18)19;/h9,11-12,16H,2-8,10H2,1H3,(H,17,18,19);. The molecule has 0 aromatic heterocycles. The maximum Gasteiger partial charge on any atom is 0.294 e. The van der Waals surface area contributed by atoms with Crippen LogP contribution in [0.4, 0.5) is 0 Å². The number of phenolic OH excluding ortho intramolecular Hbond substituents is 1. The van der Waals surface area contributed by atoms with Crippen LogP contribution in [0, 0.1) is 0 Å². The van der Waals surface area contributed by atoms with E-state index in [9.17, 15) is 13.5 Å². The van der Waals surface area contributed by atoms with Crippen molar-refractivity contribution in [2.24, 2.45) is 0 Å². The summed E-state index contributed by atoms with van der Waals surface area (Å²) < 4.78 is 31.7. The van der Waals surface area contributed by atoms with Gasteiger partial charge in [0, 0.05) is 22.6 Å². The number of unbranched alkanes of at least 4 members (excludes halogenated alkanes) is 6. The molecule has 0 saturated carbocycles. The van der Waals surface area contributed by atoms with E-state index in [2.05, 4.69) is 6.92 Å². The minimum Gasteiger partial charge on any atom is -0.508 e. The summed E-state index contributed by atoms with van der Waals surface area (Å²) in [6.07, 6.45) is 8.31. The van der Waals surface area contributed by atoms with Crippen LogP contribution >= 0.6 is 0 Å². The van der Waals surface area contributed by atoms with E-state index in [1.165, 1.54) is 43.9 Å². The molecular weight excluding hydrogens is 340 g/mol. The molecule has 1 rings (SSSR count). The molecule has 4 nitrogen and oxygen atoms in total. The quantitative estimate of drug-likeness (QED) is 0.396. The normalized spacial score (nSPS) is 11.1. The van der Waals surface area contributed by atoms with Crippen LogP contribution in [0.25, 0.3) is 0 Å². The molecule has 1 radical (unpaired) electrons. The van der Waals surface area contributed by atoms with Crippen molar-refractivity contribution in [3.8, 4) is 5.75 Å². The largest absolute Gasteiger partial charge is 0.508 e. The van der Waals surface area contributed by atoms with Gasteiger partial charge < -0.3 is 5.11 Å². The van der Waals surface area contributed by atoms with Crippen LogP contribution in [-0.4, -0.2) is 18.1 Å². The zero-order valence-electron chi connectivity index (χ0n) is 12.3. The Kier molecular flexibility index (Phi) is 9.95. The van der Waals surface area contributed by atoms with Crippen LogP contribution in [0.1, 0.15) is 57.4 Å². The fourth-order valence-electron chi connectivity index (χ4n) is 2.31. The van der Waals surface area contributed by atoms with Gasteiger partial charge in [0.1, 0.15) is 10.6 Å². The van der Waals surface area contributed by atoms with Crippen LogP contribution in [0.2, 0.25) is 0 Å². The summed E-state index contributed by atoms with van der Waals surface area (Å²) in [4.78, 5) is -0.177. The Bertz CT molecular complexity index is 514. The van der Waals surface area contributed by atoms with E-state index in [-0.39, 0.29) is 27.7 Å². The Morgan fingerprint density at radius 3 is 2.14 bits per heavy atom. The van der Waals surface area contributed by atoms with Gasteiger partial charge in [-0.2, -0.15) is 8.42 Å². The molecule has 0 amide bonds. The smallest absolute Gasteiger partial charge is 0.294 e. The van der Waals surface area contributed by atoms with E-state index in [4.69, 9.17) is 4.55 Å². The van der Waals surface area contributed by atoms with Gasteiger partial charge in [-0.1, -0.05) is 51.5 Å². The summed E-state index contributed by atoms with van der Waals surface area (Å²) >= 11 is 0. The molecule has 0 spiro atoms. The van der Waals surface area contributed by atoms with Crippen LogP contribution in [-0.2, 0) is 33.6 Å². The summed E-state index contributed by atoms with van der Waals surface area (Å²) in [5.41, 5.74) is 0.323. The van der Waals surface area contributed by atoms with Gasteiger partial charge in [-0.25, -0.2) is 0 Å². The second-order valence-electron chi connectivity index (χ2n) is 5.10. The molecule has 1 aromatic carbocycles. The molecule has 125 valence electrons. The fraction of sp³-hybridized carbons (Fsp3) is 0.600. The molecule has 1 aromatic rings. The number of phenols is 1. The molecule has 0 aliphatic heterocycles. The van der Waals surface area contributed by atoms with E-state index in [0.29, 0.717) is 12.0 Å². The van der Waals surface area contributed by atoms with Gasteiger partial charge in [0.25, 0.3) is 10.1 Å². The molecular formula is C15H24CuO4S. The van der Waals surface area contributed by atoms with Crippen molar-refractivity contribution in [2.45, 2.75) is 63.2 Å². The van der Waals surface area contributed by atoms with Crippen molar-refractivity contribution in [1.29, 1.82) is 0 Å². The van der Waals surface area contributed by atoms with Gasteiger partial charge in [0.2, 0.25) is 0 Å². The molecule has 0 saturated heterocycles. The Hall–Kier alpha value is -0.551.